The average Bonchev–Trinajstić information content (AvgIpc) is 2.41. The summed E-state index contributed by atoms with van der Waals surface area (Å²) < 4.78 is 39.9. The zero-order chi connectivity index (χ0) is 14.8. The number of hydrogen-bond acceptors (Lipinski definition) is 3. The molecule has 1 saturated carbocycles. The normalized spacial score (nSPS) is 16.9. The van der Waals surface area contributed by atoms with Gasteiger partial charge in [0.2, 0.25) is 10.0 Å². The zero-order valence-corrected chi connectivity index (χ0v) is 11.6. The van der Waals surface area contributed by atoms with Crippen LogP contribution in [0.1, 0.15) is 42.5 Å². The van der Waals surface area contributed by atoms with Crippen molar-refractivity contribution in [2.45, 2.75) is 37.4 Å². The molecule has 0 unspecified atom stereocenters. The van der Waals surface area contributed by atoms with Crippen LogP contribution in [0.15, 0.2) is 18.2 Å². The van der Waals surface area contributed by atoms with Gasteiger partial charge in [-0.2, -0.15) is 0 Å². The Hall–Kier alpha value is -1.63. The summed E-state index contributed by atoms with van der Waals surface area (Å²) >= 11 is 0. The topological polar surface area (TPSA) is 83.5 Å². The van der Waals surface area contributed by atoms with Crippen LogP contribution in [0.4, 0.5) is 10.1 Å². The molecule has 1 aromatic carbocycles. The number of carboxylic acids is 1. The van der Waals surface area contributed by atoms with Gasteiger partial charge in [0.15, 0.2) is 0 Å². The van der Waals surface area contributed by atoms with Crippen molar-refractivity contribution in [1.29, 1.82) is 0 Å². The molecule has 110 valence electrons. The van der Waals surface area contributed by atoms with Gasteiger partial charge in [0.25, 0.3) is 0 Å². The number of sulfonamides is 1. The minimum atomic E-state index is -3.56. The lowest BCUT2D eigenvalue weighted by Gasteiger charge is -2.22. The van der Waals surface area contributed by atoms with Gasteiger partial charge < -0.3 is 5.11 Å². The van der Waals surface area contributed by atoms with Gasteiger partial charge in [-0.1, -0.05) is 19.3 Å². The Bertz CT molecular complexity index is 609. The van der Waals surface area contributed by atoms with Gasteiger partial charge in [-0.3, -0.25) is 4.72 Å². The van der Waals surface area contributed by atoms with E-state index in [0.29, 0.717) is 12.8 Å². The minimum Gasteiger partial charge on any atom is -0.478 e. The molecule has 0 spiro atoms. The highest BCUT2D eigenvalue weighted by Gasteiger charge is 2.27. The molecule has 1 aliphatic carbocycles. The van der Waals surface area contributed by atoms with Gasteiger partial charge in [0.05, 0.1) is 10.8 Å². The fourth-order valence-electron chi connectivity index (χ4n) is 2.38. The number of aromatic carboxylic acids is 1. The van der Waals surface area contributed by atoms with Crippen LogP contribution >= 0.6 is 0 Å². The first-order valence-electron chi connectivity index (χ1n) is 6.44. The molecule has 5 nitrogen and oxygen atoms in total. The Balaban J connectivity index is 2.20. The maximum atomic E-state index is 13.2. The number of benzene rings is 1. The van der Waals surface area contributed by atoms with E-state index < -0.39 is 32.6 Å². The molecule has 0 atom stereocenters. The molecule has 0 bridgehead atoms. The molecule has 2 rings (SSSR count). The molecule has 1 aromatic rings. The smallest absolute Gasteiger partial charge is 0.338 e. The monoisotopic (exact) mass is 301 g/mol. The lowest BCUT2D eigenvalue weighted by Crippen LogP contribution is -2.29. The third kappa shape index (κ3) is 3.27. The van der Waals surface area contributed by atoms with E-state index in [1.807, 2.05) is 0 Å². The molecule has 0 aromatic heterocycles. The molecule has 20 heavy (non-hydrogen) atoms. The first-order valence-corrected chi connectivity index (χ1v) is 7.99. The van der Waals surface area contributed by atoms with Crippen molar-refractivity contribution < 1.29 is 22.7 Å². The second-order valence-electron chi connectivity index (χ2n) is 4.91. The third-order valence-electron chi connectivity index (χ3n) is 3.45. The van der Waals surface area contributed by atoms with Crippen molar-refractivity contribution >= 4 is 21.7 Å². The molecule has 7 heteroatoms. The Labute approximate surface area is 116 Å². The molecule has 2 N–H and O–H groups in total. The summed E-state index contributed by atoms with van der Waals surface area (Å²) in [4.78, 5) is 10.8. The Morgan fingerprint density at radius 1 is 1.25 bits per heavy atom. The highest BCUT2D eigenvalue weighted by molar-refractivity contribution is 7.93. The molecule has 1 fully saturated rings. The average molecular weight is 301 g/mol. The largest absolute Gasteiger partial charge is 0.478 e. The quantitative estimate of drug-likeness (QED) is 0.895. The van der Waals surface area contributed by atoms with Crippen LogP contribution < -0.4 is 4.72 Å². The first-order chi connectivity index (χ1) is 9.40. The van der Waals surface area contributed by atoms with E-state index in [-0.39, 0.29) is 5.69 Å². The van der Waals surface area contributed by atoms with E-state index >= 15 is 0 Å². The highest BCUT2D eigenvalue weighted by Crippen LogP contribution is 2.25. The summed E-state index contributed by atoms with van der Waals surface area (Å²) in [6.07, 6.45) is 3.97. The maximum Gasteiger partial charge on any atom is 0.338 e. The zero-order valence-electron chi connectivity index (χ0n) is 10.8. The minimum absolute atomic E-state index is 0.0781. The van der Waals surface area contributed by atoms with E-state index in [0.717, 1.165) is 31.4 Å². The van der Waals surface area contributed by atoms with Crippen LogP contribution in [0, 0.1) is 5.82 Å². The van der Waals surface area contributed by atoms with E-state index in [1.54, 1.807) is 0 Å². The predicted octanol–water partition coefficient (Wildman–Crippen LogP) is 2.60. The summed E-state index contributed by atoms with van der Waals surface area (Å²) in [6.45, 7) is 0. The number of hydrogen-bond donors (Lipinski definition) is 2. The number of rotatable bonds is 4. The highest BCUT2D eigenvalue weighted by atomic mass is 32.2. The van der Waals surface area contributed by atoms with Crippen molar-refractivity contribution in [2.24, 2.45) is 0 Å². The lowest BCUT2D eigenvalue weighted by molar-refractivity contribution is 0.0692. The molecular formula is C13H16FNO4S. The summed E-state index contributed by atoms with van der Waals surface area (Å²) in [5, 5.41) is 8.36. The van der Waals surface area contributed by atoms with Crippen molar-refractivity contribution in [3.05, 3.63) is 29.6 Å². The summed E-state index contributed by atoms with van der Waals surface area (Å²) in [5.41, 5.74) is -0.469. The van der Waals surface area contributed by atoms with Gasteiger partial charge in [0.1, 0.15) is 5.82 Å². The third-order valence-corrected chi connectivity index (χ3v) is 5.32. The van der Waals surface area contributed by atoms with Gasteiger partial charge in [0, 0.05) is 5.69 Å². The van der Waals surface area contributed by atoms with Gasteiger partial charge in [-0.15, -0.1) is 0 Å². The van der Waals surface area contributed by atoms with Crippen molar-refractivity contribution in [3.63, 3.8) is 0 Å². The second kappa shape index (κ2) is 5.78. The number of anilines is 1. The van der Waals surface area contributed by atoms with Gasteiger partial charge in [-0.25, -0.2) is 17.6 Å². The number of carbonyl (C=O) groups is 1. The number of carboxylic acid groups (broad SMARTS) is 1. The van der Waals surface area contributed by atoms with Crippen LogP contribution in [-0.4, -0.2) is 24.7 Å². The maximum absolute atomic E-state index is 13.2. The van der Waals surface area contributed by atoms with E-state index in [9.17, 15) is 17.6 Å². The van der Waals surface area contributed by atoms with Crippen molar-refractivity contribution in [2.75, 3.05) is 4.72 Å². The fourth-order valence-corrected chi connectivity index (χ4v) is 3.95. The SMILES string of the molecule is O=C(O)c1cc(NS(=O)(=O)C2CCCCC2)ccc1F. The van der Waals surface area contributed by atoms with E-state index in [2.05, 4.69) is 4.72 Å². The first kappa shape index (κ1) is 14.8. The van der Waals surface area contributed by atoms with Crippen LogP contribution in [0.25, 0.3) is 0 Å². The van der Waals surface area contributed by atoms with Crippen LogP contribution in [0.2, 0.25) is 0 Å². The molecule has 0 saturated heterocycles. The van der Waals surface area contributed by atoms with Crippen LogP contribution in [0.5, 0.6) is 0 Å². The molecular weight excluding hydrogens is 285 g/mol. The van der Waals surface area contributed by atoms with E-state index in [1.165, 1.54) is 6.07 Å². The Kier molecular flexibility index (Phi) is 4.27. The second-order valence-corrected chi connectivity index (χ2v) is 6.87. The van der Waals surface area contributed by atoms with Crippen LogP contribution in [-0.2, 0) is 10.0 Å². The fraction of sp³-hybridized carbons (Fsp3) is 0.462. The van der Waals surface area contributed by atoms with Gasteiger partial charge >= 0.3 is 5.97 Å². The molecule has 0 aliphatic heterocycles. The number of halogens is 1. The summed E-state index contributed by atoms with van der Waals surface area (Å²) in [5.74, 6) is -2.32. The molecule has 0 radical (unpaired) electrons. The Morgan fingerprint density at radius 3 is 2.50 bits per heavy atom. The summed E-state index contributed by atoms with van der Waals surface area (Å²) in [6, 6.07) is 3.17. The van der Waals surface area contributed by atoms with Gasteiger partial charge in [-0.05, 0) is 31.0 Å². The Morgan fingerprint density at radius 2 is 1.90 bits per heavy atom. The van der Waals surface area contributed by atoms with Crippen molar-refractivity contribution in [1.82, 2.24) is 0 Å². The van der Waals surface area contributed by atoms with E-state index in [4.69, 9.17) is 5.11 Å². The number of nitrogens with one attached hydrogen (secondary N) is 1. The molecule has 1 aliphatic rings. The lowest BCUT2D eigenvalue weighted by atomic mass is 10.0. The standard InChI is InChI=1S/C13H16FNO4S/c14-12-7-6-9(8-11(12)13(16)17)15-20(18,19)10-4-2-1-3-5-10/h6-8,10,15H,1-5H2,(H,16,17). The van der Waals surface area contributed by atoms with Crippen molar-refractivity contribution in [3.8, 4) is 0 Å². The van der Waals surface area contributed by atoms with Crippen LogP contribution in [0.3, 0.4) is 0 Å². The predicted molar refractivity (Wildman–Crippen MR) is 72.8 cm³/mol. The molecule has 0 amide bonds. The molecule has 0 heterocycles. The summed E-state index contributed by atoms with van der Waals surface area (Å²) in [7, 11) is -3.56.